The largest absolute Gasteiger partial charge is 0.462 e. The number of carbonyl (C=O) groups excluding carboxylic acids is 1. The van der Waals surface area contributed by atoms with E-state index in [0.717, 1.165) is 0 Å². The lowest BCUT2D eigenvalue weighted by Crippen LogP contribution is -2.18. The van der Waals surface area contributed by atoms with Crippen LogP contribution in [0, 0.1) is 0 Å². The molecule has 2 N–H and O–H groups in total. The van der Waals surface area contributed by atoms with Gasteiger partial charge in [0.15, 0.2) is 0 Å². The number of alkyl halides is 3. The summed E-state index contributed by atoms with van der Waals surface area (Å²) in [5.41, 5.74) is 5.92. The Morgan fingerprint density at radius 2 is 2.00 bits per heavy atom. The molecule has 0 saturated carbocycles. The molecule has 0 saturated heterocycles. The van der Waals surface area contributed by atoms with Crippen LogP contribution in [0.25, 0.3) is 0 Å². The molecule has 0 amide bonds. The van der Waals surface area contributed by atoms with E-state index >= 15 is 0 Å². The van der Waals surface area contributed by atoms with Gasteiger partial charge in [0.25, 0.3) is 0 Å². The van der Waals surface area contributed by atoms with E-state index in [4.69, 9.17) is 22.1 Å². The number of carbonyl (C=O) groups is 1. The Morgan fingerprint density at radius 1 is 1.30 bits per heavy atom. The molecule has 0 aliphatic heterocycles. The van der Waals surface area contributed by atoms with Crippen LogP contribution in [0.5, 0.6) is 0 Å². The van der Waals surface area contributed by atoms with Crippen molar-refractivity contribution in [2.24, 2.45) is 0 Å². The summed E-state index contributed by atoms with van der Waals surface area (Å²) >= 11 is 5.72. The smallest absolute Gasteiger partial charge is 0.411 e. The molecule has 4 nitrogen and oxygen atoms in total. The minimum atomic E-state index is -4.36. The van der Waals surface area contributed by atoms with E-state index in [1.165, 1.54) is 18.2 Å². The Hall–Kier alpha value is -1.47. The standard InChI is InChI=1S/C12H13ClF3NO3/c13-8-2-3-10(17)9(6-8)11(18)20-5-1-4-19-7-12(14,15)16/h2-3,6H,1,4-5,7,17H2. The number of hydrogen-bond acceptors (Lipinski definition) is 4. The van der Waals surface area contributed by atoms with Crippen LogP contribution in [0.4, 0.5) is 18.9 Å². The van der Waals surface area contributed by atoms with Gasteiger partial charge in [0.2, 0.25) is 0 Å². The monoisotopic (exact) mass is 311 g/mol. The van der Waals surface area contributed by atoms with Gasteiger partial charge in [-0.15, -0.1) is 0 Å². The molecule has 1 rings (SSSR count). The fourth-order valence-electron chi connectivity index (χ4n) is 1.30. The highest BCUT2D eigenvalue weighted by atomic mass is 35.5. The molecule has 0 unspecified atom stereocenters. The Morgan fingerprint density at radius 3 is 2.65 bits per heavy atom. The van der Waals surface area contributed by atoms with Crippen molar-refractivity contribution in [3.63, 3.8) is 0 Å². The molecule has 0 spiro atoms. The average Bonchev–Trinajstić information content (AvgIpc) is 2.35. The Balaban J connectivity index is 2.28. The third kappa shape index (κ3) is 6.12. The first-order valence-corrected chi connectivity index (χ1v) is 6.04. The number of nitrogen functional groups attached to an aromatic ring is 1. The first-order valence-electron chi connectivity index (χ1n) is 5.66. The van der Waals surface area contributed by atoms with Gasteiger partial charge < -0.3 is 15.2 Å². The van der Waals surface area contributed by atoms with E-state index in [0.29, 0.717) is 5.02 Å². The minimum Gasteiger partial charge on any atom is -0.462 e. The van der Waals surface area contributed by atoms with E-state index < -0.39 is 18.8 Å². The minimum absolute atomic E-state index is 0.0668. The molecule has 1 aromatic rings. The maximum atomic E-state index is 11.8. The predicted octanol–water partition coefficient (Wildman–Crippen LogP) is 3.05. The number of ether oxygens (including phenoxy) is 2. The second-order valence-corrected chi connectivity index (χ2v) is 4.33. The maximum absolute atomic E-state index is 11.8. The number of nitrogens with two attached hydrogens (primary N) is 1. The molecule has 0 aliphatic rings. The van der Waals surface area contributed by atoms with Crippen LogP contribution in [0.15, 0.2) is 18.2 Å². The number of hydrogen-bond donors (Lipinski definition) is 1. The molecule has 112 valence electrons. The first-order chi connectivity index (χ1) is 9.29. The van der Waals surface area contributed by atoms with Crippen LogP contribution >= 0.6 is 11.6 Å². The zero-order valence-corrected chi connectivity index (χ0v) is 11.1. The van der Waals surface area contributed by atoms with Gasteiger partial charge in [0.05, 0.1) is 18.8 Å². The molecule has 1 aromatic carbocycles. The van der Waals surface area contributed by atoms with Crippen molar-refractivity contribution in [1.82, 2.24) is 0 Å². The molecule has 0 heterocycles. The van der Waals surface area contributed by atoms with E-state index in [9.17, 15) is 18.0 Å². The lowest BCUT2D eigenvalue weighted by atomic mass is 10.2. The number of rotatable bonds is 6. The third-order valence-electron chi connectivity index (χ3n) is 2.17. The van der Waals surface area contributed by atoms with Crippen molar-refractivity contribution in [2.45, 2.75) is 12.6 Å². The summed E-state index contributed by atoms with van der Waals surface area (Å²) in [4.78, 5) is 11.6. The lowest BCUT2D eigenvalue weighted by molar-refractivity contribution is -0.174. The number of halogens is 4. The summed E-state index contributed by atoms with van der Waals surface area (Å²) in [6.45, 7) is -1.54. The van der Waals surface area contributed by atoms with Crippen molar-refractivity contribution in [1.29, 1.82) is 0 Å². The van der Waals surface area contributed by atoms with Crippen LogP contribution in [-0.2, 0) is 9.47 Å². The topological polar surface area (TPSA) is 61.6 Å². The second kappa shape index (κ2) is 7.35. The highest BCUT2D eigenvalue weighted by Gasteiger charge is 2.27. The molecule has 0 aliphatic carbocycles. The van der Waals surface area contributed by atoms with Crippen molar-refractivity contribution < 1.29 is 27.4 Å². The van der Waals surface area contributed by atoms with Crippen molar-refractivity contribution >= 4 is 23.3 Å². The van der Waals surface area contributed by atoms with Gasteiger partial charge in [-0.2, -0.15) is 13.2 Å². The van der Waals surface area contributed by atoms with Crippen LogP contribution in [0.3, 0.4) is 0 Å². The van der Waals surface area contributed by atoms with Gasteiger partial charge in [0, 0.05) is 17.1 Å². The molecular weight excluding hydrogens is 299 g/mol. The molecular formula is C12H13ClF3NO3. The fraction of sp³-hybridized carbons (Fsp3) is 0.417. The highest BCUT2D eigenvalue weighted by Crippen LogP contribution is 2.19. The van der Waals surface area contributed by atoms with Gasteiger partial charge in [-0.25, -0.2) is 4.79 Å². The van der Waals surface area contributed by atoms with Gasteiger partial charge in [-0.1, -0.05) is 11.6 Å². The molecule has 0 bridgehead atoms. The van der Waals surface area contributed by atoms with Crippen LogP contribution < -0.4 is 5.73 Å². The van der Waals surface area contributed by atoms with Crippen molar-refractivity contribution in [3.05, 3.63) is 28.8 Å². The molecule has 0 radical (unpaired) electrons. The molecule has 8 heteroatoms. The summed E-state index contributed by atoms with van der Waals surface area (Å²) in [6.07, 6.45) is -4.20. The second-order valence-electron chi connectivity index (χ2n) is 3.89. The Labute approximate surface area is 118 Å². The Kier molecular flexibility index (Phi) is 6.09. The van der Waals surface area contributed by atoms with Crippen molar-refractivity contribution in [3.8, 4) is 0 Å². The molecule has 0 fully saturated rings. The fourth-order valence-corrected chi connectivity index (χ4v) is 1.47. The van der Waals surface area contributed by atoms with Gasteiger partial charge in [0.1, 0.15) is 6.61 Å². The normalized spacial score (nSPS) is 11.4. The van der Waals surface area contributed by atoms with Gasteiger partial charge in [-0.3, -0.25) is 0 Å². The van der Waals surface area contributed by atoms with E-state index in [2.05, 4.69) is 4.74 Å². The van der Waals surface area contributed by atoms with E-state index in [-0.39, 0.29) is 30.9 Å². The summed E-state index contributed by atoms with van der Waals surface area (Å²) in [6, 6.07) is 4.35. The first kappa shape index (κ1) is 16.6. The van der Waals surface area contributed by atoms with E-state index in [1.807, 2.05) is 0 Å². The molecule has 0 atom stereocenters. The quantitative estimate of drug-likeness (QED) is 0.498. The Bertz CT molecular complexity index is 466. The zero-order valence-electron chi connectivity index (χ0n) is 10.4. The van der Waals surface area contributed by atoms with E-state index in [1.54, 1.807) is 0 Å². The summed E-state index contributed by atoms with van der Waals surface area (Å²) in [5.74, 6) is -0.680. The van der Waals surface area contributed by atoms with Crippen molar-refractivity contribution in [2.75, 3.05) is 25.6 Å². The summed E-state index contributed by atoms with van der Waals surface area (Å²) < 4.78 is 44.5. The molecule has 0 aromatic heterocycles. The third-order valence-corrected chi connectivity index (χ3v) is 2.40. The van der Waals surface area contributed by atoms with Gasteiger partial charge >= 0.3 is 12.1 Å². The SMILES string of the molecule is Nc1ccc(Cl)cc1C(=O)OCCCOCC(F)(F)F. The molecule has 20 heavy (non-hydrogen) atoms. The summed E-state index contributed by atoms with van der Waals surface area (Å²) in [7, 11) is 0. The number of benzene rings is 1. The zero-order chi connectivity index (χ0) is 15.2. The summed E-state index contributed by atoms with van der Waals surface area (Å²) in [5, 5.41) is 0.333. The average molecular weight is 312 g/mol. The van der Waals surface area contributed by atoms with Crippen LogP contribution in [-0.4, -0.2) is 32.0 Å². The predicted molar refractivity (Wildman–Crippen MR) is 67.6 cm³/mol. The van der Waals surface area contributed by atoms with Gasteiger partial charge in [-0.05, 0) is 18.2 Å². The van der Waals surface area contributed by atoms with Crippen LogP contribution in [0.2, 0.25) is 5.02 Å². The van der Waals surface area contributed by atoms with Crippen LogP contribution in [0.1, 0.15) is 16.8 Å². The number of anilines is 1. The maximum Gasteiger partial charge on any atom is 0.411 e. The highest BCUT2D eigenvalue weighted by molar-refractivity contribution is 6.31. The number of esters is 1. The lowest BCUT2D eigenvalue weighted by Gasteiger charge is -2.09.